The highest BCUT2D eigenvalue weighted by Crippen LogP contribution is 2.35. The third kappa shape index (κ3) is 4.24. The summed E-state index contributed by atoms with van der Waals surface area (Å²) in [7, 11) is 0. The van der Waals surface area contributed by atoms with Gasteiger partial charge in [0.2, 0.25) is 0 Å². The first-order chi connectivity index (χ1) is 15.3. The molecule has 31 heavy (non-hydrogen) atoms. The van der Waals surface area contributed by atoms with Crippen LogP contribution in [0.4, 0.5) is 5.82 Å². The van der Waals surface area contributed by atoms with Crippen molar-refractivity contribution in [1.29, 1.82) is 0 Å². The van der Waals surface area contributed by atoms with Crippen LogP contribution in [0, 0.1) is 5.92 Å². The van der Waals surface area contributed by atoms with Gasteiger partial charge in [0.15, 0.2) is 0 Å². The minimum atomic E-state index is 0.366. The largest absolute Gasteiger partial charge is 0.378 e. The minimum Gasteiger partial charge on any atom is -0.378 e. The van der Waals surface area contributed by atoms with Gasteiger partial charge < -0.3 is 9.64 Å². The number of pyridine rings is 1. The fourth-order valence-corrected chi connectivity index (χ4v) is 5.68. The summed E-state index contributed by atoms with van der Waals surface area (Å²) in [5, 5.41) is 4.47. The van der Waals surface area contributed by atoms with Crippen molar-refractivity contribution in [2.24, 2.45) is 5.92 Å². The van der Waals surface area contributed by atoms with Gasteiger partial charge in [0.25, 0.3) is 0 Å². The first-order valence-electron chi connectivity index (χ1n) is 11.6. The number of nitrogens with zero attached hydrogens (tertiary/aromatic N) is 5. The molecule has 0 bridgehead atoms. The summed E-state index contributed by atoms with van der Waals surface area (Å²) in [5.41, 5.74) is 3.71. The summed E-state index contributed by atoms with van der Waals surface area (Å²) in [4.78, 5) is 12.9. The van der Waals surface area contributed by atoms with E-state index in [1.165, 1.54) is 36.5 Å². The molecule has 164 valence electrons. The average molecular weight is 438 g/mol. The highest BCUT2D eigenvalue weighted by Gasteiger charge is 2.34. The highest BCUT2D eigenvalue weighted by atomic mass is 32.1. The Bertz CT molecular complexity index is 1010. The van der Waals surface area contributed by atoms with Crippen LogP contribution in [-0.2, 0) is 11.3 Å². The number of morpholine rings is 1. The number of aromatic nitrogens is 2. The van der Waals surface area contributed by atoms with Gasteiger partial charge in [-0.1, -0.05) is 6.07 Å². The van der Waals surface area contributed by atoms with Gasteiger partial charge in [0, 0.05) is 52.0 Å². The van der Waals surface area contributed by atoms with Crippen LogP contribution in [0.3, 0.4) is 0 Å². The quantitative estimate of drug-likeness (QED) is 0.590. The first kappa shape index (κ1) is 19.7. The lowest BCUT2D eigenvalue weighted by atomic mass is 10.1. The Morgan fingerprint density at radius 3 is 2.77 bits per heavy atom. The Hall–Kier alpha value is -1.93. The summed E-state index contributed by atoms with van der Waals surface area (Å²) >= 11 is 1.79. The topological polar surface area (TPSA) is 36.3 Å². The number of piperazine rings is 1. The van der Waals surface area contributed by atoms with Gasteiger partial charge in [-0.3, -0.25) is 14.2 Å². The molecule has 0 radical (unpaired) electrons. The zero-order valence-electron chi connectivity index (χ0n) is 18.0. The normalized spacial score (nSPS) is 23.6. The summed E-state index contributed by atoms with van der Waals surface area (Å²) < 4.78 is 7.87. The predicted molar refractivity (Wildman–Crippen MR) is 125 cm³/mol. The van der Waals surface area contributed by atoms with Crippen molar-refractivity contribution in [3.63, 3.8) is 0 Å². The van der Waals surface area contributed by atoms with Crippen LogP contribution < -0.4 is 4.90 Å². The molecule has 5 heterocycles. The van der Waals surface area contributed by atoms with Crippen molar-refractivity contribution in [2.75, 3.05) is 57.4 Å². The number of thiophene rings is 1. The van der Waals surface area contributed by atoms with Crippen LogP contribution in [0.25, 0.3) is 5.65 Å². The molecule has 3 aromatic heterocycles. The van der Waals surface area contributed by atoms with Crippen molar-refractivity contribution < 1.29 is 4.74 Å². The number of rotatable bonds is 6. The van der Waals surface area contributed by atoms with Gasteiger partial charge in [-0.25, -0.2) is 4.98 Å². The van der Waals surface area contributed by atoms with Crippen molar-refractivity contribution in [3.8, 4) is 0 Å². The van der Waals surface area contributed by atoms with Crippen molar-refractivity contribution >= 4 is 22.8 Å². The third-order valence-electron chi connectivity index (χ3n) is 6.92. The lowest BCUT2D eigenvalue weighted by molar-refractivity contribution is 0.0640. The standard InChI is InChI=1S/C24H31N5OS/c1-2-23-25-21(16-29(23)24(3-1)27-9-11-30-12-10-27)22-17-26(14-20-6-13-31-18-20)7-8-28(22)15-19-4-5-19/h1-3,6,13,16,18-19,22H,4-5,7-12,14-15,17H2. The fraction of sp³-hybridized carbons (Fsp3) is 0.542. The molecule has 2 aliphatic heterocycles. The molecule has 1 aliphatic carbocycles. The van der Waals surface area contributed by atoms with Gasteiger partial charge in [-0.05, 0) is 53.3 Å². The Labute approximate surface area is 188 Å². The predicted octanol–water partition coefficient (Wildman–Crippen LogP) is 3.50. The van der Waals surface area contributed by atoms with Crippen LogP contribution in [0.15, 0.2) is 41.2 Å². The van der Waals surface area contributed by atoms with E-state index in [0.29, 0.717) is 6.04 Å². The lowest BCUT2D eigenvalue weighted by Crippen LogP contribution is -2.48. The van der Waals surface area contributed by atoms with Gasteiger partial charge >= 0.3 is 0 Å². The number of imidazole rings is 1. The van der Waals surface area contributed by atoms with Gasteiger partial charge in [-0.15, -0.1) is 0 Å². The molecule has 0 amide bonds. The van der Waals surface area contributed by atoms with E-state index >= 15 is 0 Å². The summed E-state index contributed by atoms with van der Waals surface area (Å²) in [5.74, 6) is 2.13. The number of anilines is 1. The molecular weight excluding hydrogens is 406 g/mol. The second kappa shape index (κ2) is 8.54. The van der Waals surface area contributed by atoms with Crippen LogP contribution in [0.5, 0.6) is 0 Å². The summed E-state index contributed by atoms with van der Waals surface area (Å²) in [6.07, 6.45) is 5.10. The van der Waals surface area contributed by atoms with Gasteiger partial charge in [0.1, 0.15) is 11.5 Å². The average Bonchev–Trinajstić information content (AvgIpc) is 3.29. The van der Waals surface area contributed by atoms with Crippen LogP contribution >= 0.6 is 11.3 Å². The maximum Gasteiger partial charge on any atom is 0.138 e. The molecule has 3 aromatic rings. The van der Waals surface area contributed by atoms with E-state index in [9.17, 15) is 0 Å². The SMILES string of the molecule is c1cc(N2CCOCC2)n2cc(C3CN(Cc4ccsc4)CCN3CC3CC3)nc2c1. The fourth-order valence-electron chi connectivity index (χ4n) is 5.02. The molecule has 0 N–H and O–H groups in total. The van der Waals surface area contributed by atoms with E-state index < -0.39 is 0 Å². The molecule has 1 unspecified atom stereocenters. The van der Waals surface area contributed by atoms with E-state index in [2.05, 4.69) is 60.3 Å². The maximum atomic E-state index is 5.57. The summed E-state index contributed by atoms with van der Waals surface area (Å²) in [6.45, 7) is 9.09. The molecule has 7 heteroatoms. The smallest absolute Gasteiger partial charge is 0.138 e. The Kier molecular flexibility index (Phi) is 5.44. The molecular formula is C24H31N5OS. The zero-order chi connectivity index (χ0) is 20.6. The molecule has 0 spiro atoms. The molecule has 1 atom stereocenters. The molecule has 1 saturated carbocycles. The first-order valence-corrected chi connectivity index (χ1v) is 12.6. The number of fused-ring (bicyclic) bond motifs is 1. The van der Waals surface area contributed by atoms with Gasteiger partial charge in [-0.2, -0.15) is 11.3 Å². The molecule has 3 fully saturated rings. The van der Waals surface area contributed by atoms with Crippen molar-refractivity contribution in [2.45, 2.75) is 25.4 Å². The number of ether oxygens (including phenoxy) is 1. The molecule has 0 aromatic carbocycles. The second-order valence-corrected chi connectivity index (χ2v) is 9.98. The Morgan fingerprint density at radius 2 is 1.97 bits per heavy atom. The van der Waals surface area contributed by atoms with E-state index in [1.54, 1.807) is 11.3 Å². The number of hydrogen-bond donors (Lipinski definition) is 0. The van der Waals surface area contributed by atoms with Crippen LogP contribution in [0.1, 0.15) is 30.1 Å². The minimum absolute atomic E-state index is 0.366. The third-order valence-corrected chi connectivity index (χ3v) is 7.65. The lowest BCUT2D eigenvalue weighted by Gasteiger charge is -2.41. The van der Waals surface area contributed by atoms with Gasteiger partial charge in [0.05, 0.1) is 24.9 Å². The molecule has 6 rings (SSSR count). The molecule has 6 nitrogen and oxygen atoms in total. The highest BCUT2D eigenvalue weighted by molar-refractivity contribution is 7.07. The van der Waals surface area contributed by atoms with E-state index in [-0.39, 0.29) is 0 Å². The van der Waals surface area contributed by atoms with E-state index in [0.717, 1.165) is 64.0 Å². The van der Waals surface area contributed by atoms with Crippen LogP contribution in [-0.4, -0.2) is 71.7 Å². The maximum absolute atomic E-state index is 5.57. The monoisotopic (exact) mass is 437 g/mol. The Balaban J connectivity index is 1.29. The van der Waals surface area contributed by atoms with E-state index in [4.69, 9.17) is 9.72 Å². The summed E-state index contributed by atoms with van der Waals surface area (Å²) in [6, 6.07) is 9.13. The van der Waals surface area contributed by atoms with Crippen molar-refractivity contribution in [1.82, 2.24) is 19.2 Å². The molecule has 3 aliphatic rings. The Morgan fingerprint density at radius 1 is 1.06 bits per heavy atom. The second-order valence-electron chi connectivity index (χ2n) is 9.20. The van der Waals surface area contributed by atoms with E-state index in [1.807, 2.05) is 0 Å². The van der Waals surface area contributed by atoms with Crippen LogP contribution in [0.2, 0.25) is 0 Å². The number of hydrogen-bond acceptors (Lipinski definition) is 6. The molecule has 2 saturated heterocycles. The zero-order valence-corrected chi connectivity index (χ0v) is 18.8. The van der Waals surface area contributed by atoms with Crippen molar-refractivity contribution in [3.05, 3.63) is 52.5 Å².